The summed E-state index contributed by atoms with van der Waals surface area (Å²) in [6.45, 7) is 6.12. The number of benzene rings is 1. The number of nitrogens with zero attached hydrogens (tertiary/aromatic N) is 5. The topological polar surface area (TPSA) is 82.2 Å². The van der Waals surface area contributed by atoms with Crippen molar-refractivity contribution in [1.82, 2.24) is 24.2 Å². The van der Waals surface area contributed by atoms with Gasteiger partial charge in [-0.15, -0.1) is 5.10 Å². The summed E-state index contributed by atoms with van der Waals surface area (Å²) in [4.78, 5) is 31.1. The van der Waals surface area contributed by atoms with Gasteiger partial charge in [0.15, 0.2) is 5.82 Å². The monoisotopic (exact) mass is 429 g/mol. The Hall–Kier alpha value is -3.13. The molecule has 3 aromatic rings. The van der Waals surface area contributed by atoms with E-state index >= 15 is 0 Å². The Bertz CT molecular complexity index is 1090. The first kappa shape index (κ1) is 21.6. The van der Waals surface area contributed by atoms with Crippen LogP contribution in [0.1, 0.15) is 20.8 Å². The quantitative estimate of drug-likeness (QED) is 0.576. The van der Waals surface area contributed by atoms with E-state index in [1.807, 2.05) is 20.8 Å². The Morgan fingerprint density at radius 1 is 1.23 bits per heavy atom. The Morgan fingerprint density at radius 2 is 1.93 bits per heavy atom. The number of carbonyl (C=O) groups excluding carboxylic acids is 1. The first-order chi connectivity index (χ1) is 14.3. The zero-order valence-corrected chi connectivity index (χ0v) is 18.1. The van der Waals surface area contributed by atoms with E-state index < -0.39 is 5.69 Å². The fraction of sp³-hybridized carbons (Fsp3) is 0.333. The zero-order chi connectivity index (χ0) is 21.8. The number of ether oxygens (including phenoxy) is 1. The molecule has 9 heteroatoms. The van der Waals surface area contributed by atoms with E-state index in [9.17, 15) is 9.59 Å². The minimum atomic E-state index is -0.437. The van der Waals surface area contributed by atoms with Crippen LogP contribution in [0.25, 0.3) is 17.1 Å². The summed E-state index contributed by atoms with van der Waals surface area (Å²) in [6, 6.07) is 8.79. The fourth-order valence-electron chi connectivity index (χ4n) is 2.85. The molecule has 1 aromatic carbocycles. The fourth-order valence-corrected chi connectivity index (χ4v) is 3.05. The van der Waals surface area contributed by atoms with E-state index in [0.717, 1.165) is 4.68 Å². The largest absolute Gasteiger partial charge is 0.491 e. The number of rotatable bonds is 7. The minimum absolute atomic E-state index is 0.0362. The molecule has 0 N–H and O–H groups in total. The van der Waals surface area contributed by atoms with Crippen molar-refractivity contribution in [2.75, 3.05) is 13.6 Å². The molecule has 2 aromatic heterocycles. The summed E-state index contributed by atoms with van der Waals surface area (Å²) in [6.07, 6.45) is 3.10. The number of aromatic nitrogens is 4. The number of carbonyl (C=O) groups is 1. The molecule has 30 heavy (non-hydrogen) atoms. The van der Waals surface area contributed by atoms with E-state index in [2.05, 4.69) is 10.1 Å². The molecule has 0 atom stereocenters. The molecule has 158 valence electrons. The van der Waals surface area contributed by atoms with Gasteiger partial charge in [-0.05, 0) is 51.1 Å². The molecule has 2 heterocycles. The highest BCUT2D eigenvalue weighted by atomic mass is 35.5. The van der Waals surface area contributed by atoms with Crippen molar-refractivity contribution < 1.29 is 9.53 Å². The highest BCUT2D eigenvalue weighted by Crippen LogP contribution is 2.27. The molecule has 0 fully saturated rings. The molecule has 3 rings (SSSR count). The molecule has 0 saturated heterocycles. The summed E-state index contributed by atoms with van der Waals surface area (Å²) in [5, 5.41) is 4.78. The summed E-state index contributed by atoms with van der Waals surface area (Å²) < 4.78 is 8.26. The van der Waals surface area contributed by atoms with Crippen LogP contribution in [0.2, 0.25) is 5.02 Å². The molecule has 0 radical (unpaired) electrons. The van der Waals surface area contributed by atoms with Crippen LogP contribution in [-0.2, 0) is 11.3 Å². The standard InChI is InChI=1S/C21H24ClN5O3/c1-5-25(4)19(28)13-26-21(29)27(15-6-8-16(9-7-15)30-14(2)3)20(24-26)17-10-11-23-12-18(17)22/h6-12,14H,5,13H2,1-4H3. The first-order valence-electron chi connectivity index (χ1n) is 9.62. The lowest BCUT2D eigenvalue weighted by Gasteiger charge is -2.13. The van der Waals surface area contributed by atoms with Gasteiger partial charge in [-0.2, -0.15) is 0 Å². The average Bonchev–Trinajstić information content (AvgIpc) is 3.03. The minimum Gasteiger partial charge on any atom is -0.491 e. The number of amides is 1. The highest BCUT2D eigenvalue weighted by Gasteiger charge is 2.21. The summed E-state index contributed by atoms with van der Waals surface area (Å²) in [7, 11) is 1.68. The zero-order valence-electron chi connectivity index (χ0n) is 17.4. The van der Waals surface area contributed by atoms with Gasteiger partial charge in [0, 0.05) is 31.5 Å². The van der Waals surface area contributed by atoms with Crippen LogP contribution in [0, 0.1) is 0 Å². The van der Waals surface area contributed by atoms with E-state index in [0.29, 0.717) is 34.4 Å². The number of halogens is 1. The third-order valence-corrected chi connectivity index (χ3v) is 4.81. The molecule has 8 nitrogen and oxygen atoms in total. The van der Waals surface area contributed by atoms with E-state index in [1.54, 1.807) is 43.6 Å². The molecule has 1 amide bonds. The molecule has 0 aliphatic carbocycles. The predicted molar refractivity (Wildman–Crippen MR) is 115 cm³/mol. The van der Waals surface area contributed by atoms with Crippen molar-refractivity contribution in [3.8, 4) is 22.8 Å². The molecule has 0 bridgehead atoms. The van der Waals surface area contributed by atoms with Gasteiger partial charge in [-0.3, -0.25) is 9.78 Å². The predicted octanol–water partition coefficient (Wildman–Crippen LogP) is 3.01. The third kappa shape index (κ3) is 4.54. The van der Waals surface area contributed by atoms with Crippen LogP contribution in [-0.4, -0.2) is 49.8 Å². The van der Waals surface area contributed by atoms with Gasteiger partial charge in [0.1, 0.15) is 12.3 Å². The summed E-state index contributed by atoms with van der Waals surface area (Å²) in [5.74, 6) is 0.812. The number of hydrogen-bond acceptors (Lipinski definition) is 5. The summed E-state index contributed by atoms with van der Waals surface area (Å²) >= 11 is 6.32. The van der Waals surface area contributed by atoms with Gasteiger partial charge in [-0.25, -0.2) is 14.0 Å². The van der Waals surface area contributed by atoms with Crippen LogP contribution in [0.15, 0.2) is 47.5 Å². The van der Waals surface area contributed by atoms with Crippen LogP contribution >= 0.6 is 11.6 Å². The molecule has 0 aliphatic rings. The normalized spacial score (nSPS) is 11.0. The molecule has 0 aliphatic heterocycles. The van der Waals surface area contributed by atoms with Crippen LogP contribution in [0.3, 0.4) is 0 Å². The number of hydrogen-bond donors (Lipinski definition) is 0. The van der Waals surface area contributed by atoms with Crippen LogP contribution in [0.4, 0.5) is 0 Å². The maximum Gasteiger partial charge on any atom is 0.351 e. The Labute approximate surface area is 179 Å². The van der Waals surface area contributed by atoms with E-state index in [-0.39, 0.29) is 18.6 Å². The van der Waals surface area contributed by atoms with Crippen molar-refractivity contribution in [2.45, 2.75) is 33.4 Å². The lowest BCUT2D eigenvalue weighted by atomic mass is 10.2. The second-order valence-corrected chi connectivity index (χ2v) is 7.43. The van der Waals surface area contributed by atoms with Gasteiger partial charge >= 0.3 is 5.69 Å². The lowest BCUT2D eigenvalue weighted by molar-refractivity contribution is -0.130. The molecule has 0 spiro atoms. The van der Waals surface area contributed by atoms with Gasteiger partial charge in [-0.1, -0.05) is 11.6 Å². The molecule has 0 saturated carbocycles. The van der Waals surface area contributed by atoms with Crippen LogP contribution in [0.5, 0.6) is 5.75 Å². The lowest BCUT2D eigenvalue weighted by Crippen LogP contribution is -2.34. The SMILES string of the molecule is CCN(C)C(=O)Cn1nc(-c2ccncc2Cl)n(-c2ccc(OC(C)C)cc2)c1=O. The van der Waals surface area contributed by atoms with Crippen molar-refractivity contribution in [2.24, 2.45) is 0 Å². The van der Waals surface area contributed by atoms with Crippen molar-refractivity contribution in [1.29, 1.82) is 0 Å². The van der Waals surface area contributed by atoms with Crippen molar-refractivity contribution >= 4 is 17.5 Å². The smallest absolute Gasteiger partial charge is 0.351 e. The Morgan fingerprint density at radius 3 is 2.53 bits per heavy atom. The molecule has 0 unspecified atom stereocenters. The molecular weight excluding hydrogens is 406 g/mol. The van der Waals surface area contributed by atoms with Crippen LogP contribution < -0.4 is 10.4 Å². The van der Waals surface area contributed by atoms with Gasteiger partial charge < -0.3 is 9.64 Å². The number of pyridine rings is 1. The van der Waals surface area contributed by atoms with Gasteiger partial charge in [0.05, 0.1) is 16.8 Å². The highest BCUT2D eigenvalue weighted by molar-refractivity contribution is 6.33. The maximum atomic E-state index is 13.2. The average molecular weight is 430 g/mol. The van der Waals surface area contributed by atoms with Gasteiger partial charge in [0.2, 0.25) is 5.91 Å². The second kappa shape index (κ2) is 9.13. The number of likely N-dealkylation sites (N-methyl/N-ethyl adjacent to an activating group) is 1. The summed E-state index contributed by atoms with van der Waals surface area (Å²) in [5.41, 5.74) is 0.691. The van der Waals surface area contributed by atoms with E-state index in [4.69, 9.17) is 16.3 Å². The maximum absolute atomic E-state index is 13.2. The third-order valence-electron chi connectivity index (χ3n) is 4.50. The van der Waals surface area contributed by atoms with Crippen molar-refractivity contribution in [3.63, 3.8) is 0 Å². The Kier molecular flexibility index (Phi) is 6.56. The second-order valence-electron chi connectivity index (χ2n) is 7.02. The molecular formula is C21H24ClN5O3. The van der Waals surface area contributed by atoms with E-state index in [1.165, 1.54) is 15.7 Å². The van der Waals surface area contributed by atoms with Crippen molar-refractivity contribution in [3.05, 3.63) is 58.2 Å². The van der Waals surface area contributed by atoms with Gasteiger partial charge in [0.25, 0.3) is 0 Å². The first-order valence-corrected chi connectivity index (χ1v) is 10.0. The Balaban J connectivity index is 2.11.